The van der Waals surface area contributed by atoms with E-state index in [9.17, 15) is 23.2 Å². The van der Waals surface area contributed by atoms with Gasteiger partial charge in [-0.2, -0.15) is 4.39 Å². The first-order chi connectivity index (χ1) is 19.0. The summed E-state index contributed by atoms with van der Waals surface area (Å²) in [6.45, 7) is 1.28. The van der Waals surface area contributed by atoms with Gasteiger partial charge in [0, 0.05) is 37.4 Å². The predicted molar refractivity (Wildman–Crippen MR) is 146 cm³/mol. The number of anilines is 1. The lowest BCUT2D eigenvalue weighted by Gasteiger charge is -2.19. The van der Waals surface area contributed by atoms with E-state index in [0.717, 1.165) is 0 Å². The van der Waals surface area contributed by atoms with Crippen LogP contribution in [0.2, 0.25) is 5.02 Å². The number of amides is 3. The van der Waals surface area contributed by atoms with Crippen LogP contribution in [0.4, 0.5) is 14.5 Å². The van der Waals surface area contributed by atoms with Gasteiger partial charge in [-0.1, -0.05) is 11.6 Å². The Labute approximate surface area is 234 Å². The van der Waals surface area contributed by atoms with Crippen LogP contribution in [0.5, 0.6) is 5.75 Å². The molecular formula is C27H29ClF2N6O4. The minimum absolute atomic E-state index is 0.000932. The third kappa shape index (κ3) is 6.07. The fraction of sp³-hybridized carbons (Fsp3) is 0.333. The molecule has 3 aromatic rings. The maximum Gasteiger partial charge on any atom is 0.291 e. The predicted octanol–water partition coefficient (Wildman–Crippen LogP) is 3.17. The van der Waals surface area contributed by atoms with Crippen molar-refractivity contribution in [2.24, 2.45) is 7.05 Å². The van der Waals surface area contributed by atoms with Gasteiger partial charge in [-0.25, -0.2) is 9.37 Å². The Morgan fingerprint density at radius 3 is 2.58 bits per heavy atom. The molecule has 0 bridgehead atoms. The highest BCUT2D eigenvalue weighted by molar-refractivity contribution is 6.34. The van der Waals surface area contributed by atoms with E-state index < -0.39 is 23.4 Å². The van der Waals surface area contributed by atoms with Crippen LogP contribution in [0.3, 0.4) is 0 Å². The lowest BCUT2D eigenvalue weighted by Crippen LogP contribution is -2.40. The van der Waals surface area contributed by atoms with E-state index in [2.05, 4.69) is 15.6 Å². The first kappa shape index (κ1) is 29.0. The van der Waals surface area contributed by atoms with Crippen molar-refractivity contribution in [3.05, 3.63) is 64.6 Å². The number of imidazole rings is 1. The van der Waals surface area contributed by atoms with Gasteiger partial charge in [-0.3, -0.25) is 14.4 Å². The molecule has 1 aromatic heterocycles. The van der Waals surface area contributed by atoms with Gasteiger partial charge in [0.15, 0.2) is 17.4 Å². The summed E-state index contributed by atoms with van der Waals surface area (Å²) in [5.41, 5.74) is 0.620. The molecule has 0 radical (unpaired) electrons. The summed E-state index contributed by atoms with van der Waals surface area (Å²) >= 11 is 6.36. The van der Waals surface area contributed by atoms with Gasteiger partial charge in [-0.05, 0) is 50.8 Å². The summed E-state index contributed by atoms with van der Waals surface area (Å²) in [7, 11) is 6.37. The Morgan fingerprint density at radius 1 is 1.15 bits per heavy atom. The highest BCUT2D eigenvalue weighted by Gasteiger charge is 2.28. The van der Waals surface area contributed by atoms with E-state index in [4.69, 9.17) is 16.3 Å². The molecule has 212 valence electrons. The van der Waals surface area contributed by atoms with E-state index in [1.807, 2.05) is 14.1 Å². The van der Waals surface area contributed by atoms with Crippen molar-refractivity contribution < 1.29 is 27.9 Å². The molecule has 13 heteroatoms. The van der Waals surface area contributed by atoms with Crippen molar-refractivity contribution >= 4 is 35.0 Å². The molecule has 2 aromatic carbocycles. The Balaban J connectivity index is 1.41. The molecule has 40 heavy (non-hydrogen) atoms. The van der Waals surface area contributed by atoms with Crippen molar-refractivity contribution in [2.75, 3.05) is 46.2 Å². The molecule has 1 fully saturated rings. The zero-order valence-electron chi connectivity index (χ0n) is 22.4. The number of benzene rings is 2. The normalized spacial score (nSPS) is 14.9. The first-order valence-corrected chi connectivity index (χ1v) is 12.8. The lowest BCUT2D eigenvalue weighted by molar-refractivity contribution is -0.130. The Kier molecular flexibility index (Phi) is 8.70. The van der Waals surface area contributed by atoms with Gasteiger partial charge in [0.25, 0.3) is 11.8 Å². The molecule has 3 amide bonds. The molecule has 10 nitrogen and oxygen atoms in total. The lowest BCUT2D eigenvalue weighted by atomic mass is 10.1. The molecule has 0 saturated carbocycles. The molecule has 4 rings (SSSR count). The number of carbonyl (C=O) groups excluding carboxylic acids is 3. The zero-order valence-corrected chi connectivity index (χ0v) is 23.2. The van der Waals surface area contributed by atoms with Crippen LogP contribution in [-0.2, 0) is 11.8 Å². The number of rotatable bonds is 8. The fourth-order valence-electron chi connectivity index (χ4n) is 4.46. The summed E-state index contributed by atoms with van der Waals surface area (Å²) in [4.78, 5) is 45.6. The number of hydrogen-bond donors (Lipinski definition) is 2. The van der Waals surface area contributed by atoms with Gasteiger partial charge in [0.1, 0.15) is 0 Å². The van der Waals surface area contributed by atoms with E-state index in [1.165, 1.54) is 55.3 Å². The molecular weight excluding hydrogens is 546 g/mol. The quantitative estimate of drug-likeness (QED) is 0.428. The third-order valence-electron chi connectivity index (χ3n) is 6.53. The number of likely N-dealkylation sites (N-methyl/N-ethyl adjacent to an activating group) is 1. The summed E-state index contributed by atoms with van der Waals surface area (Å²) < 4.78 is 34.9. The number of carbonyl (C=O) groups is 3. The SMILES string of the molecule is COc1ccc(-c2cnc(C(=O)Nc3ccc(C(=O)NC4CCN(C(=O)CN(C)C)C4)c(Cl)c3)n2C)c(F)c1F. The van der Waals surface area contributed by atoms with Crippen LogP contribution in [-0.4, -0.2) is 84.0 Å². The molecule has 1 aliphatic rings. The molecule has 0 aliphatic carbocycles. The highest BCUT2D eigenvalue weighted by Crippen LogP contribution is 2.30. The van der Waals surface area contributed by atoms with E-state index in [1.54, 1.807) is 9.80 Å². The van der Waals surface area contributed by atoms with E-state index in [-0.39, 0.29) is 45.4 Å². The first-order valence-electron chi connectivity index (χ1n) is 12.4. The Bertz CT molecular complexity index is 1460. The summed E-state index contributed by atoms with van der Waals surface area (Å²) in [5, 5.41) is 5.67. The molecule has 2 heterocycles. The molecule has 0 spiro atoms. The number of hydrogen-bond acceptors (Lipinski definition) is 6. The number of ether oxygens (including phenoxy) is 1. The Morgan fingerprint density at radius 2 is 1.90 bits per heavy atom. The molecule has 1 unspecified atom stereocenters. The average Bonchev–Trinajstić information content (AvgIpc) is 3.52. The van der Waals surface area contributed by atoms with Gasteiger partial charge >= 0.3 is 0 Å². The number of nitrogens with zero attached hydrogens (tertiary/aromatic N) is 4. The maximum absolute atomic E-state index is 14.6. The average molecular weight is 575 g/mol. The minimum atomic E-state index is -1.14. The van der Waals surface area contributed by atoms with Crippen LogP contribution in [0, 0.1) is 11.6 Å². The van der Waals surface area contributed by atoms with Crippen molar-refractivity contribution in [1.29, 1.82) is 0 Å². The maximum atomic E-state index is 14.6. The standard InChI is InChI=1S/C27H29ClF2N6O4/c1-34(2)14-22(37)36-10-9-16(13-36)33-26(38)17-6-5-15(11-19(17)28)32-27(39)25-31-12-20(35(25)3)18-7-8-21(40-4)24(30)23(18)29/h5-8,11-12,16H,9-10,13-14H2,1-4H3,(H,32,39)(H,33,38). The smallest absolute Gasteiger partial charge is 0.291 e. The molecule has 1 atom stereocenters. The Hall–Kier alpha value is -4.03. The number of methoxy groups -OCH3 is 1. The largest absolute Gasteiger partial charge is 0.494 e. The van der Waals surface area contributed by atoms with Gasteiger partial charge < -0.3 is 29.7 Å². The van der Waals surface area contributed by atoms with Crippen LogP contribution >= 0.6 is 11.6 Å². The summed E-state index contributed by atoms with van der Waals surface area (Å²) in [6, 6.07) is 6.85. The van der Waals surface area contributed by atoms with Gasteiger partial charge in [0.05, 0.1) is 36.1 Å². The van der Waals surface area contributed by atoms with Crippen LogP contribution < -0.4 is 15.4 Å². The monoisotopic (exact) mass is 574 g/mol. The number of nitrogens with one attached hydrogen (secondary N) is 2. The molecule has 2 N–H and O–H groups in total. The van der Waals surface area contributed by atoms with Crippen LogP contribution in [0.25, 0.3) is 11.3 Å². The van der Waals surface area contributed by atoms with Crippen LogP contribution in [0.1, 0.15) is 27.4 Å². The second-order valence-corrected chi connectivity index (χ2v) is 10.1. The van der Waals surface area contributed by atoms with E-state index >= 15 is 0 Å². The summed E-state index contributed by atoms with van der Waals surface area (Å²) in [6.07, 6.45) is 1.90. The number of likely N-dealkylation sites (tertiary alicyclic amines) is 1. The number of halogens is 3. The van der Waals surface area contributed by atoms with Crippen molar-refractivity contribution in [3.8, 4) is 17.0 Å². The highest BCUT2D eigenvalue weighted by atomic mass is 35.5. The number of aromatic nitrogens is 2. The van der Waals surface area contributed by atoms with Crippen molar-refractivity contribution in [2.45, 2.75) is 12.5 Å². The second kappa shape index (κ2) is 12.0. The van der Waals surface area contributed by atoms with E-state index in [0.29, 0.717) is 31.7 Å². The molecule has 1 aliphatic heterocycles. The second-order valence-electron chi connectivity index (χ2n) is 9.65. The fourth-order valence-corrected chi connectivity index (χ4v) is 4.73. The van der Waals surface area contributed by atoms with Gasteiger partial charge in [0.2, 0.25) is 11.7 Å². The van der Waals surface area contributed by atoms with Gasteiger partial charge in [-0.15, -0.1) is 0 Å². The minimum Gasteiger partial charge on any atom is -0.494 e. The van der Waals surface area contributed by atoms with Crippen molar-refractivity contribution in [1.82, 2.24) is 24.7 Å². The third-order valence-corrected chi connectivity index (χ3v) is 6.85. The molecule has 1 saturated heterocycles. The summed E-state index contributed by atoms with van der Waals surface area (Å²) in [5.74, 6) is -3.58. The van der Waals surface area contributed by atoms with Crippen molar-refractivity contribution in [3.63, 3.8) is 0 Å². The van der Waals surface area contributed by atoms with Crippen LogP contribution in [0.15, 0.2) is 36.5 Å². The topological polar surface area (TPSA) is 109 Å². The zero-order chi connectivity index (χ0) is 29.1.